The topological polar surface area (TPSA) is 32.7 Å². The lowest BCUT2D eigenvalue weighted by atomic mass is 10.1. The van der Waals surface area contributed by atoms with E-state index in [0.717, 1.165) is 12.5 Å². The molecule has 1 atom stereocenters. The van der Waals surface area contributed by atoms with E-state index in [9.17, 15) is 5.11 Å². The van der Waals surface area contributed by atoms with E-state index in [1.807, 2.05) is 20.9 Å². The number of ether oxygens (including phenoxy) is 1. The molecule has 1 N–H and O–H groups in total. The molecule has 92 valence electrons. The molecule has 15 heavy (non-hydrogen) atoms. The minimum Gasteiger partial charge on any atom is -0.389 e. The number of nitrogens with zero attached hydrogens (tertiary/aromatic N) is 1. The fourth-order valence-corrected chi connectivity index (χ4v) is 1.29. The third-order valence-corrected chi connectivity index (χ3v) is 2.23. The van der Waals surface area contributed by atoms with Crippen LogP contribution in [-0.4, -0.2) is 49.0 Å². The van der Waals surface area contributed by atoms with Crippen molar-refractivity contribution in [2.24, 2.45) is 5.92 Å². The first kappa shape index (κ1) is 14.9. The zero-order valence-electron chi connectivity index (χ0n) is 10.9. The smallest absolute Gasteiger partial charge is 0.0900 e. The third-order valence-electron chi connectivity index (χ3n) is 2.23. The van der Waals surface area contributed by atoms with Gasteiger partial charge in [0.25, 0.3) is 0 Å². The molecule has 0 aromatic carbocycles. The Morgan fingerprint density at radius 3 is 2.27 bits per heavy atom. The van der Waals surface area contributed by atoms with Crippen LogP contribution in [0.4, 0.5) is 0 Å². The average Bonchev–Trinajstić information content (AvgIpc) is 2.11. The standard InChI is InChI=1S/C12H27NO2/c1-10(2)6-7-13(5)8-12(14)9-15-11(3)4/h10-12,14H,6-9H2,1-5H3. The van der Waals surface area contributed by atoms with E-state index in [1.165, 1.54) is 6.42 Å². The minimum atomic E-state index is -0.371. The molecule has 3 nitrogen and oxygen atoms in total. The van der Waals surface area contributed by atoms with Crippen molar-refractivity contribution in [2.45, 2.75) is 46.3 Å². The Kier molecular flexibility index (Phi) is 8.02. The van der Waals surface area contributed by atoms with Crippen molar-refractivity contribution in [3.05, 3.63) is 0 Å². The Balaban J connectivity index is 3.52. The Morgan fingerprint density at radius 2 is 1.80 bits per heavy atom. The van der Waals surface area contributed by atoms with E-state index in [1.54, 1.807) is 0 Å². The molecule has 0 aromatic rings. The average molecular weight is 217 g/mol. The summed E-state index contributed by atoms with van der Waals surface area (Å²) in [6.07, 6.45) is 0.999. The van der Waals surface area contributed by atoms with Crippen LogP contribution in [0.5, 0.6) is 0 Å². The van der Waals surface area contributed by atoms with Crippen molar-refractivity contribution in [3.8, 4) is 0 Å². The number of hydrogen-bond donors (Lipinski definition) is 1. The predicted molar refractivity (Wildman–Crippen MR) is 64.0 cm³/mol. The fourth-order valence-electron chi connectivity index (χ4n) is 1.29. The molecule has 0 bridgehead atoms. The van der Waals surface area contributed by atoms with Gasteiger partial charge < -0.3 is 14.7 Å². The first-order valence-electron chi connectivity index (χ1n) is 5.90. The second-order valence-electron chi connectivity index (χ2n) is 4.98. The molecule has 3 heteroatoms. The quantitative estimate of drug-likeness (QED) is 0.672. The number of aliphatic hydroxyl groups is 1. The van der Waals surface area contributed by atoms with Gasteiger partial charge in [-0.25, -0.2) is 0 Å². The number of likely N-dealkylation sites (N-methyl/N-ethyl adjacent to an activating group) is 1. The SMILES string of the molecule is CC(C)CCN(C)CC(O)COC(C)C. The van der Waals surface area contributed by atoms with Gasteiger partial charge in [-0.15, -0.1) is 0 Å². The normalized spacial score (nSPS) is 14.2. The van der Waals surface area contributed by atoms with E-state index >= 15 is 0 Å². The van der Waals surface area contributed by atoms with Crippen LogP contribution in [0, 0.1) is 5.92 Å². The van der Waals surface area contributed by atoms with Crippen LogP contribution < -0.4 is 0 Å². The summed E-state index contributed by atoms with van der Waals surface area (Å²) >= 11 is 0. The van der Waals surface area contributed by atoms with Crippen molar-refractivity contribution >= 4 is 0 Å². The van der Waals surface area contributed by atoms with Gasteiger partial charge in [0.2, 0.25) is 0 Å². The second kappa shape index (κ2) is 8.08. The number of hydrogen-bond acceptors (Lipinski definition) is 3. The van der Waals surface area contributed by atoms with Crippen LogP contribution >= 0.6 is 0 Å². The summed E-state index contributed by atoms with van der Waals surface area (Å²) < 4.78 is 5.35. The highest BCUT2D eigenvalue weighted by molar-refractivity contribution is 4.62. The van der Waals surface area contributed by atoms with Gasteiger partial charge in [0.05, 0.1) is 18.8 Å². The summed E-state index contributed by atoms with van der Waals surface area (Å²) in [6.45, 7) is 10.6. The number of rotatable bonds is 8. The lowest BCUT2D eigenvalue weighted by Gasteiger charge is -2.21. The highest BCUT2D eigenvalue weighted by Crippen LogP contribution is 2.01. The maximum absolute atomic E-state index is 9.67. The largest absolute Gasteiger partial charge is 0.389 e. The van der Waals surface area contributed by atoms with E-state index in [2.05, 4.69) is 18.7 Å². The molecule has 0 amide bonds. The van der Waals surface area contributed by atoms with Crippen LogP contribution in [0.3, 0.4) is 0 Å². The van der Waals surface area contributed by atoms with Gasteiger partial charge in [-0.05, 0) is 39.8 Å². The summed E-state index contributed by atoms with van der Waals surface area (Å²) in [7, 11) is 2.04. The predicted octanol–water partition coefficient (Wildman–Crippen LogP) is 1.75. The molecular formula is C12H27NO2. The zero-order valence-corrected chi connectivity index (χ0v) is 10.9. The van der Waals surface area contributed by atoms with Crippen LogP contribution in [0.15, 0.2) is 0 Å². The summed E-state index contributed by atoms with van der Waals surface area (Å²) in [6, 6.07) is 0. The molecule has 0 heterocycles. The Bertz CT molecular complexity index is 133. The van der Waals surface area contributed by atoms with Gasteiger partial charge in [-0.3, -0.25) is 0 Å². The summed E-state index contributed by atoms with van der Waals surface area (Å²) in [5.41, 5.74) is 0. The first-order chi connectivity index (χ1) is 6.91. The highest BCUT2D eigenvalue weighted by Gasteiger charge is 2.09. The van der Waals surface area contributed by atoms with Gasteiger partial charge in [0, 0.05) is 6.54 Å². The van der Waals surface area contributed by atoms with Crippen molar-refractivity contribution in [1.82, 2.24) is 4.90 Å². The van der Waals surface area contributed by atoms with Crippen molar-refractivity contribution in [3.63, 3.8) is 0 Å². The van der Waals surface area contributed by atoms with Crippen LogP contribution in [0.1, 0.15) is 34.1 Å². The van der Waals surface area contributed by atoms with Gasteiger partial charge in [-0.1, -0.05) is 13.8 Å². The van der Waals surface area contributed by atoms with Gasteiger partial charge in [0.1, 0.15) is 0 Å². The molecule has 0 aliphatic carbocycles. The first-order valence-corrected chi connectivity index (χ1v) is 5.90. The minimum absolute atomic E-state index is 0.195. The molecule has 0 aromatic heterocycles. The van der Waals surface area contributed by atoms with E-state index in [0.29, 0.717) is 13.2 Å². The molecule has 0 saturated carbocycles. The maximum atomic E-state index is 9.67. The Morgan fingerprint density at radius 1 is 1.20 bits per heavy atom. The highest BCUT2D eigenvalue weighted by atomic mass is 16.5. The molecular weight excluding hydrogens is 190 g/mol. The molecule has 0 aliphatic rings. The van der Waals surface area contributed by atoms with Crippen LogP contribution in [0.2, 0.25) is 0 Å². The van der Waals surface area contributed by atoms with Crippen LogP contribution in [-0.2, 0) is 4.74 Å². The Hall–Kier alpha value is -0.120. The number of aliphatic hydroxyl groups excluding tert-OH is 1. The van der Waals surface area contributed by atoms with Gasteiger partial charge >= 0.3 is 0 Å². The molecule has 0 radical (unpaired) electrons. The maximum Gasteiger partial charge on any atom is 0.0900 e. The monoisotopic (exact) mass is 217 g/mol. The molecule has 0 rings (SSSR count). The van der Waals surface area contributed by atoms with E-state index in [-0.39, 0.29) is 12.2 Å². The van der Waals surface area contributed by atoms with E-state index in [4.69, 9.17) is 4.74 Å². The fraction of sp³-hybridized carbons (Fsp3) is 1.00. The summed E-state index contributed by atoms with van der Waals surface area (Å²) in [4.78, 5) is 2.16. The van der Waals surface area contributed by atoms with Crippen LogP contribution in [0.25, 0.3) is 0 Å². The van der Waals surface area contributed by atoms with E-state index < -0.39 is 0 Å². The molecule has 0 fully saturated rings. The lowest BCUT2D eigenvalue weighted by Crippen LogP contribution is -2.33. The summed E-state index contributed by atoms with van der Waals surface area (Å²) in [5, 5.41) is 9.67. The van der Waals surface area contributed by atoms with Crippen molar-refractivity contribution in [2.75, 3.05) is 26.7 Å². The zero-order chi connectivity index (χ0) is 11.8. The second-order valence-corrected chi connectivity index (χ2v) is 4.98. The van der Waals surface area contributed by atoms with Crippen molar-refractivity contribution in [1.29, 1.82) is 0 Å². The summed E-state index contributed by atoms with van der Waals surface area (Å²) in [5.74, 6) is 0.719. The van der Waals surface area contributed by atoms with Gasteiger partial charge in [0.15, 0.2) is 0 Å². The Labute approximate surface area is 94.4 Å². The van der Waals surface area contributed by atoms with Crippen molar-refractivity contribution < 1.29 is 9.84 Å². The lowest BCUT2D eigenvalue weighted by molar-refractivity contribution is -0.00587. The van der Waals surface area contributed by atoms with Gasteiger partial charge in [-0.2, -0.15) is 0 Å². The molecule has 0 aliphatic heterocycles. The molecule has 0 spiro atoms. The molecule has 0 saturated heterocycles. The third kappa shape index (κ3) is 10.2. The molecule has 1 unspecified atom stereocenters.